The molecule has 33 heavy (non-hydrogen) atoms. The van der Waals surface area contributed by atoms with Gasteiger partial charge in [-0.1, -0.05) is 28.1 Å². The molecule has 0 saturated heterocycles. The van der Waals surface area contributed by atoms with Crippen molar-refractivity contribution in [1.29, 1.82) is 0 Å². The van der Waals surface area contributed by atoms with Crippen molar-refractivity contribution in [3.63, 3.8) is 0 Å². The molecule has 0 fully saturated rings. The van der Waals surface area contributed by atoms with E-state index in [0.29, 0.717) is 11.6 Å². The molecule has 1 rings (SSSR count). The summed E-state index contributed by atoms with van der Waals surface area (Å²) >= 11 is 2.90. The summed E-state index contributed by atoms with van der Waals surface area (Å²) in [5.74, 6) is -46.6. The topological polar surface area (TPSA) is 9.23 Å². The highest BCUT2D eigenvalue weighted by Gasteiger charge is 2.93. The van der Waals surface area contributed by atoms with E-state index < -0.39 is 59.8 Å². The van der Waals surface area contributed by atoms with Gasteiger partial charge in [-0.3, -0.25) is 0 Å². The maximum Gasteiger partial charge on any atom is 0.460 e. The van der Waals surface area contributed by atoms with Crippen LogP contribution >= 0.6 is 15.9 Å². The van der Waals surface area contributed by atoms with E-state index in [1.54, 1.807) is 0 Å². The van der Waals surface area contributed by atoms with E-state index in [1.807, 2.05) is 0 Å². The zero-order valence-corrected chi connectivity index (χ0v) is 17.1. The van der Waals surface area contributed by atoms with Crippen molar-refractivity contribution in [1.82, 2.24) is 0 Å². The molecule has 0 heterocycles. The van der Waals surface area contributed by atoms with Crippen LogP contribution in [-0.2, 0) is 4.74 Å². The van der Waals surface area contributed by atoms with Crippen LogP contribution in [0.4, 0.5) is 65.9 Å². The molecule has 1 atom stereocenters. The number of alkyl halides is 15. The smallest absolute Gasteiger partial charge is 0.377 e. The number of halogens is 16. The quantitative estimate of drug-likeness (QED) is 0.269. The first kappa shape index (κ1) is 29.6. The lowest BCUT2D eigenvalue weighted by atomic mass is 9.88. The Balaban J connectivity index is 3.48. The highest BCUT2D eigenvalue weighted by Crippen LogP contribution is 2.63. The van der Waals surface area contributed by atoms with Crippen LogP contribution in [0.2, 0.25) is 0 Å². The summed E-state index contributed by atoms with van der Waals surface area (Å²) in [6.45, 7) is 0. The molecule has 0 aromatic heterocycles. The molecule has 0 bridgehead atoms. The van der Waals surface area contributed by atoms with Crippen LogP contribution in [0.15, 0.2) is 28.7 Å². The van der Waals surface area contributed by atoms with Crippen molar-refractivity contribution in [2.45, 2.75) is 54.2 Å². The lowest BCUT2D eigenvalue weighted by molar-refractivity contribution is -0.453. The number of methoxy groups -OCH3 is 1. The summed E-state index contributed by atoms with van der Waals surface area (Å²) in [6, 6.07) is 4.11. The lowest BCUT2D eigenvalue weighted by Gasteiger charge is -2.42. The molecule has 0 saturated carbocycles. The van der Waals surface area contributed by atoms with Gasteiger partial charge in [0.15, 0.2) is 0 Å². The molecule has 0 aliphatic rings. The first-order valence-corrected chi connectivity index (χ1v) is 8.83. The van der Waals surface area contributed by atoms with E-state index in [0.717, 1.165) is 24.3 Å². The first-order valence-electron chi connectivity index (χ1n) is 8.04. The molecule has 0 aliphatic heterocycles. The van der Waals surface area contributed by atoms with Crippen LogP contribution < -0.4 is 0 Å². The van der Waals surface area contributed by atoms with Gasteiger partial charge < -0.3 is 4.74 Å². The summed E-state index contributed by atoms with van der Waals surface area (Å²) in [6.07, 6.45) is -12.5. The van der Waals surface area contributed by atoms with Gasteiger partial charge in [-0.25, -0.2) is 0 Å². The van der Waals surface area contributed by atoms with E-state index in [4.69, 9.17) is 0 Å². The molecule has 0 N–H and O–H groups in total. The second kappa shape index (κ2) is 8.68. The average molecular weight is 583 g/mol. The Kier molecular flexibility index (Phi) is 7.80. The van der Waals surface area contributed by atoms with Crippen molar-refractivity contribution in [3.8, 4) is 0 Å². The number of rotatable bonds is 9. The fourth-order valence-electron chi connectivity index (χ4n) is 2.37. The Hall–Kier alpha value is -1.39. The molecule has 1 aromatic rings. The molecule has 0 amide bonds. The molecule has 1 aromatic carbocycles. The third kappa shape index (κ3) is 4.62. The van der Waals surface area contributed by atoms with Gasteiger partial charge in [0.1, 0.15) is 0 Å². The summed E-state index contributed by atoms with van der Waals surface area (Å²) < 4.78 is 203. The Labute approximate surface area is 183 Å². The number of hydrogen-bond donors (Lipinski definition) is 0. The number of ether oxygens (including phenoxy) is 1. The average Bonchev–Trinajstić information content (AvgIpc) is 2.65. The van der Waals surface area contributed by atoms with Gasteiger partial charge in [0, 0.05) is 18.0 Å². The monoisotopic (exact) mass is 582 g/mol. The fraction of sp³-hybridized carbons (Fsp3) is 0.625. The van der Waals surface area contributed by atoms with Crippen LogP contribution in [0.1, 0.15) is 18.1 Å². The molecular weight excluding hydrogens is 573 g/mol. The van der Waals surface area contributed by atoms with Crippen molar-refractivity contribution in [2.24, 2.45) is 0 Å². The van der Waals surface area contributed by atoms with Crippen LogP contribution in [-0.4, -0.2) is 48.8 Å². The van der Waals surface area contributed by atoms with Crippen LogP contribution in [0, 0.1) is 0 Å². The largest absolute Gasteiger partial charge is 0.460 e. The van der Waals surface area contributed by atoms with E-state index in [1.165, 1.54) is 0 Å². The molecule has 0 aliphatic carbocycles. The standard InChI is InChI=1S/C16H10BrF15O/c1-33-9(7-2-4-8(17)5-3-7)6-10(18,19)11(20,21)12(22,23)13(24,25)14(26,27)15(28,29)16(30,31)32/h2-5,9H,6H2,1H3. The fourth-order valence-corrected chi connectivity index (χ4v) is 2.64. The van der Waals surface area contributed by atoms with E-state index in [-0.39, 0.29) is 0 Å². The second-order valence-electron chi connectivity index (χ2n) is 6.55. The lowest BCUT2D eigenvalue weighted by Crippen LogP contribution is -2.72. The van der Waals surface area contributed by atoms with Gasteiger partial charge in [-0.05, 0) is 17.7 Å². The Bertz CT molecular complexity index is 816. The number of hydrogen-bond acceptors (Lipinski definition) is 1. The molecule has 0 spiro atoms. The van der Waals surface area contributed by atoms with Crippen LogP contribution in [0.25, 0.3) is 0 Å². The summed E-state index contributed by atoms with van der Waals surface area (Å²) in [4.78, 5) is 0. The SMILES string of the molecule is COC(CC(F)(F)C(F)(F)C(F)(F)C(F)(F)C(F)(F)C(F)(F)C(F)(F)F)c1ccc(Br)cc1. The van der Waals surface area contributed by atoms with Crippen molar-refractivity contribution in [2.75, 3.05) is 7.11 Å². The maximum atomic E-state index is 14.0. The van der Waals surface area contributed by atoms with Gasteiger partial charge in [0.25, 0.3) is 0 Å². The highest BCUT2D eigenvalue weighted by molar-refractivity contribution is 9.10. The Morgan fingerprint density at radius 3 is 1.36 bits per heavy atom. The van der Waals surface area contributed by atoms with Crippen molar-refractivity contribution in [3.05, 3.63) is 34.3 Å². The first-order chi connectivity index (χ1) is 14.4. The van der Waals surface area contributed by atoms with Gasteiger partial charge >= 0.3 is 41.7 Å². The predicted molar refractivity (Wildman–Crippen MR) is 84.2 cm³/mol. The van der Waals surface area contributed by atoms with Gasteiger partial charge in [-0.2, -0.15) is 65.9 Å². The zero-order chi connectivity index (χ0) is 26.5. The highest BCUT2D eigenvalue weighted by atomic mass is 79.9. The summed E-state index contributed by atoms with van der Waals surface area (Å²) in [7, 11) is 0.589. The molecule has 17 heteroatoms. The minimum Gasteiger partial charge on any atom is -0.377 e. The second-order valence-corrected chi connectivity index (χ2v) is 7.47. The van der Waals surface area contributed by atoms with Crippen LogP contribution in [0.5, 0.6) is 0 Å². The minimum atomic E-state index is -8.30. The van der Waals surface area contributed by atoms with E-state index in [2.05, 4.69) is 20.7 Å². The summed E-state index contributed by atoms with van der Waals surface area (Å²) in [5, 5.41) is 0. The Morgan fingerprint density at radius 1 is 0.636 bits per heavy atom. The van der Waals surface area contributed by atoms with E-state index >= 15 is 0 Å². The molecule has 0 radical (unpaired) electrons. The predicted octanol–water partition coefficient (Wildman–Crippen LogP) is 7.90. The van der Waals surface area contributed by atoms with Crippen molar-refractivity contribution < 1.29 is 70.6 Å². The third-order valence-electron chi connectivity index (χ3n) is 4.36. The number of benzene rings is 1. The van der Waals surface area contributed by atoms with Gasteiger partial charge in [0.2, 0.25) is 0 Å². The maximum absolute atomic E-state index is 14.0. The molecular formula is C16H10BrF15O. The zero-order valence-electron chi connectivity index (χ0n) is 15.5. The third-order valence-corrected chi connectivity index (χ3v) is 4.89. The Morgan fingerprint density at radius 2 is 1.00 bits per heavy atom. The molecule has 192 valence electrons. The van der Waals surface area contributed by atoms with Gasteiger partial charge in [0.05, 0.1) is 6.10 Å². The van der Waals surface area contributed by atoms with E-state index in [9.17, 15) is 65.9 Å². The molecule has 1 unspecified atom stereocenters. The molecule has 1 nitrogen and oxygen atoms in total. The summed E-state index contributed by atoms with van der Waals surface area (Å²) in [5.41, 5.74) is -0.416. The normalized spacial score (nSPS) is 16.2. The van der Waals surface area contributed by atoms with Crippen molar-refractivity contribution >= 4 is 15.9 Å². The van der Waals surface area contributed by atoms with Crippen LogP contribution in [0.3, 0.4) is 0 Å². The minimum absolute atomic E-state index is 0.303. The van der Waals surface area contributed by atoms with Gasteiger partial charge in [-0.15, -0.1) is 0 Å².